The van der Waals surface area contributed by atoms with Crippen molar-refractivity contribution in [1.29, 1.82) is 0 Å². The molecule has 118 valence electrons. The van der Waals surface area contributed by atoms with E-state index in [1.807, 2.05) is 13.8 Å². The fourth-order valence-electron chi connectivity index (χ4n) is 1.66. The zero-order valence-electron chi connectivity index (χ0n) is 13.2. The van der Waals surface area contributed by atoms with Crippen molar-refractivity contribution in [2.45, 2.75) is 39.3 Å². The van der Waals surface area contributed by atoms with Crippen LogP contribution in [0.5, 0.6) is 0 Å². The summed E-state index contributed by atoms with van der Waals surface area (Å²) in [4.78, 5) is 20.3. The van der Waals surface area contributed by atoms with Gasteiger partial charge in [0.05, 0.1) is 0 Å². The molecule has 3 N–H and O–H groups in total. The van der Waals surface area contributed by atoms with Crippen LogP contribution in [-0.2, 0) is 16.1 Å². The smallest absolute Gasteiger partial charge is 0.221 e. The fourth-order valence-corrected chi connectivity index (χ4v) is 1.66. The van der Waals surface area contributed by atoms with Crippen molar-refractivity contribution in [3.63, 3.8) is 0 Å². The number of hydrogen-bond acceptors (Lipinski definition) is 6. The molecule has 1 heterocycles. The summed E-state index contributed by atoms with van der Waals surface area (Å²) in [7, 11) is 3.39. The molecule has 1 amide bonds. The number of ether oxygens (including phenoxy) is 1. The van der Waals surface area contributed by atoms with E-state index < -0.39 is 0 Å². The van der Waals surface area contributed by atoms with Gasteiger partial charge in [-0.25, -0.2) is 9.97 Å². The molecule has 0 spiro atoms. The van der Waals surface area contributed by atoms with Crippen LogP contribution in [0, 0.1) is 0 Å². The van der Waals surface area contributed by atoms with Crippen LogP contribution in [-0.4, -0.2) is 42.6 Å². The molecule has 0 aliphatic heterocycles. The van der Waals surface area contributed by atoms with Gasteiger partial charge in [0.25, 0.3) is 0 Å². The molecule has 0 fully saturated rings. The second-order valence-corrected chi connectivity index (χ2v) is 4.79. The van der Waals surface area contributed by atoms with Crippen LogP contribution in [0.4, 0.5) is 11.6 Å². The van der Waals surface area contributed by atoms with Gasteiger partial charge < -0.3 is 20.7 Å². The summed E-state index contributed by atoms with van der Waals surface area (Å²) >= 11 is 0. The second-order valence-electron chi connectivity index (χ2n) is 4.79. The number of hydrogen-bond donors (Lipinski definition) is 3. The number of carbonyl (C=O) groups excluding carboxylic acids is 1. The molecule has 7 nitrogen and oxygen atoms in total. The summed E-state index contributed by atoms with van der Waals surface area (Å²) < 4.78 is 5.04. The van der Waals surface area contributed by atoms with Gasteiger partial charge in [-0.05, 0) is 13.3 Å². The Balaban J connectivity index is 2.50. The molecule has 1 aromatic rings. The maximum absolute atomic E-state index is 11.7. The Labute approximate surface area is 125 Å². The van der Waals surface area contributed by atoms with E-state index >= 15 is 0 Å². The summed E-state index contributed by atoms with van der Waals surface area (Å²) in [5.41, 5.74) is 0. The van der Waals surface area contributed by atoms with E-state index in [1.165, 1.54) is 0 Å². The Morgan fingerprint density at radius 3 is 2.71 bits per heavy atom. The van der Waals surface area contributed by atoms with Crippen molar-refractivity contribution in [1.82, 2.24) is 15.3 Å². The predicted molar refractivity (Wildman–Crippen MR) is 83.3 cm³/mol. The lowest BCUT2D eigenvalue weighted by molar-refractivity contribution is -0.121. The number of anilines is 2. The molecule has 0 radical (unpaired) electrons. The number of carbonyl (C=O) groups is 1. The van der Waals surface area contributed by atoms with Crippen molar-refractivity contribution >= 4 is 17.5 Å². The first-order valence-electron chi connectivity index (χ1n) is 7.16. The van der Waals surface area contributed by atoms with E-state index in [1.54, 1.807) is 20.2 Å². The third-order valence-corrected chi connectivity index (χ3v) is 2.98. The average Bonchev–Trinajstić information content (AvgIpc) is 2.47. The molecule has 1 atom stereocenters. The monoisotopic (exact) mass is 295 g/mol. The van der Waals surface area contributed by atoms with Crippen molar-refractivity contribution in [2.24, 2.45) is 0 Å². The quantitative estimate of drug-likeness (QED) is 0.638. The van der Waals surface area contributed by atoms with Gasteiger partial charge in [0.1, 0.15) is 18.2 Å². The van der Waals surface area contributed by atoms with Gasteiger partial charge in [-0.1, -0.05) is 6.92 Å². The largest absolute Gasteiger partial charge is 0.377 e. The van der Waals surface area contributed by atoms with E-state index in [0.717, 1.165) is 6.42 Å². The number of nitrogens with zero attached hydrogens (tertiary/aromatic N) is 2. The Morgan fingerprint density at radius 2 is 2.10 bits per heavy atom. The van der Waals surface area contributed by atoms with Crippen molar-refractivity contribution < 1.29 is 9.53 Å². The Kier molecular flexibility index (Phi) is 7.45. The van der Waals surface area contributed by atoms with Crippen LogP contribution in [0.3, 0.4) is 0 Å². The van der Waals surface area contributed by atoms with Crippen LogP contribution >= 0.6 is 0 Å². The summed E-state index contributed by atoms with van der Waals surface area (Å²) in [6, 6.07) is 2.01. The summed E-state index contributed by atoms with van der Waals surface area (Å²) in [6.07, 6.45) is 1.33. The number of amides is 1. The van der Waals surface area contributed by atoms with Crippen LogP contribution in [0.25, 0.3) is 0 Å². The fraction of sp³-hybridized carbons (Fsp3) is 0.643. The van der Waals surface area contributed by atoms with Gasteiger partial charge in [0.2, 0.25) is 5.91 Å². The molecule has 1 aromatic heterocycles. The maximum Gasteiger partial charge on any atom is 0.221 e. The third-order valence-electron chi connectivity index (χ3n) is 2.98. The first-order chi connectivity index (χ1) is 10.1. The van der Waals surface area contributed by atoms with Crippen LogP contribution < -0.4 is 16.0 Å². The third kappa shape index (κ3) is 6.40. The lowest BCUT2D eigenvalue weighted by Gasteiger charge is -2.12. The molecule has 0 aliphatic carbocycles. The summed E-state index contributed by atoms with van der Waals surface area (Å²) in [5, 5.41) is 9.03. The predicted octanol–water partition coefficient (Wildman–Crippen LogP) is 1.38. The molecule has 0 saturated carbocycles. The van der Waals surface area contributed by atoms with Crippen LogP contribution in [0.2, 0.25) is 0 Å². The van der Waals surface area contributed by atoms with E-state index in [9.17, 15) is 4.79 Å². The molecule has 0 aliphatic rings. The number of rotatable bonds is 9. The minimum Gasteiger partial charge on any atom is -0.377 e. The molecular formula is C14H25N5O2. The SMILES string of the molecule is CCC(C)NC(=O)CCNc1cc(NC)nc(COC)n1. The molecular weight excluding hydrogens is 270 g/mol. The molecule has 0 bridgehead atoms. The normalized spacial score (nSPS) is 11.8. The van der Waals surface area contributed by atoms with Crippen molar-refractivity contribution in [3.05, 3.63) is 11.9 Å². The van der Waals surface area contributed by atoms with E-state index in [0.29, 0.717) is 37.0 Å². The van der Waals surface area contributed by atoms with Crippen molar-refractivity contribution in [3.8, 4) is 0 Å². The Hall–Kier alpha value is -1.89. The number of aromatic nitrogens is 2. The zero-order valence-corrected chi connectivity index (χ0v) is 13.2. The molecule has 1 unspecified atom stereocenters. The number of nitrogens with one attached hydrogen (secondary N) is 3. The van der Waals surface area contributed by atoms with E-state index in [2.05, 4.69) is 25.9 Å². The molecule has 7 heteroatoms. The Morgan fingerprint density at radius 1 is 1.38 bits per heavy atom. The van der Waals surface area contributed by atoms with Gasteiger partial charge in [0.15, 0.2) is 5.82 Å². The first-order valence-corrected chi connectivity index (χ1v) is 7.16. The molecule has 0 aromatic carbocycles. The highest BCUT2D eigenvalue weighted by Crippen LogP contribution is 2.11. The van der Waals surface area contributed by atoms with Gasteiger partial charge in [-0.15, -0.1) is 0 Å². The standard InChI is InChI=1S/C14H25N5O2/c1-5-10(2)17-14(20)6-7-16-12-8-11(15-3)18-13(19-12)9-21-4/h8,10H,5-7,9H2,1-4H3,(H,17,20)(H2,15,16,18,19). The van der Waals surface area contributed by atoms with Gasteiger partial charge >= 0.3 is 0 Å². The summed E-state index contributed by atoms with van der Waals surface area (Å²) in [5.74, 6) is 2.02. The zero-order chi connectivity index (χ0) is 15.7. The van der Waals surface area contributed by atoms with Crippen molar-refractivity contribution in [2.75, 3.05) is 31.3 Å². The molecule has 0 saturated heterocycles. The van der Waals surface area contributed by atoms with Gasteiger partial charge in [-0.3, -0.25) is 4.79 Å². The lowest BCUT2D eigenvalue weighted by Crippen LogP contribution is -2.33. The minimum absolute atomic E-state index is 0.0388. The van der Waals surface area contributed by atoms with Crippen LogP contribution in [0.1, 0.15) is 32.5 Å². The minimum atomic E-state index is 0.0388. The van der Waals surface area contributed by atoms with E-state index in [4.69, 9.17) is 4.74 Å². The van der Waals surface area contributed by atoms with Gasteiger partial charge in [0, 0.05) is 39.2 Å². The van der Waals surface area contributed by atoms with Crippen LogP contribution in [0.15, 0.2) is 6.07 Å². The first kappa shape index (κ1) is 17.2. The highest BCUT2D eigenvalue weighted by molar-refractivity contribution is 5.76. The second kappa shape index (κ2) is 9.12. The van der Waals surface area contributed by atoms with E-state index in [-0.39, 0.29) is 11.9 Å². The molecule has 1 rings (SSSR count). The highest BCUT2D eigenvalue weighted by atomic mass is 16.5. The average molecular weight is 295 g/mol. The Bertz CT molecular complexity index is 453. The molecule has 21 heavy (non-hydrogen) atoms. The number of methoxy groups -OCH3 is 1. The lowest BCUT2D eigenvalue weighted by atomic mass is 10.2. The summed E-state index contributed by atoms with van der Waals surface area (Å²) in [6.45, 7) is 4.90. The topological polar surface area (TPSA) is 88.2 Å². The van der Waals surface area contributed by atoms with Gasteiger partial charge in [-0.2, -0.15) is 0 Å². The maximum atomic E-state index is 11.7. The highest BCUT2D eigenvalue weighted by Gasteiger charge is 2.07.